The third-order valence-corrected chi connectivity index (χ3v) is 5.96. The van der Waals surface area contributed by atoms with E-state index in [4.69, 9.17) is 0 Å². The molecule has 4 aliphatic rings. The number of carboxylic acid groups (broad SMARTS) is 1. The summed E-state index contributed by atoms with van der Waals surface area (Å²) in [5.41, 5.74) is -0.269. The molecular weight excluding hydrogens is 266 g/mol. The molecule has 4 heteroatoms. The number of nitrogens with one attached hydrogen (secondary N) is 1. The highest BCUT2D eigenvalue weighted by molar-refractivity contribution is 5.87. The lowest BCUT2D eigenvalue weighted by Crippen LogP contribution is -2.57. The highest BCUT2D eigenvalue weighted by Crippen LogP contribution is 2.60. The molecule has 0 radical (unpaired) electrons. The third kappa shape index (κ3) is 2.82. The highest BCUT2D eigenvalue weighted by Gasteiger charge is 2.54. The molecule has 21 heavy (non-hydrogen) atoms. The normalized spacial score (nSPS) is 38.2. The van der Waals surface area contributed by atoms with E-state index in [1.807, 2.05) is 6.92 Å². The zero-order chi connectivity index (χ0) is 15.0. The van der Waals surface area contributed by atoms with Crippen LogP contribution in [-0.2, 0) is 9.59 Å². The minimum Gasteiger partial charge on any atom is -0.548 e. The van der Waals surface area contributed by atoms with Gasteiger partial charge < -0.3 is 15.2 Å². The average Bonchev–Trinajstić information content (AvgIpc) is 2.41. The van der Waals surface area contributed by atoms with Crippen LogP contribution in [-0.4, -0.2) is 17.9 Å². The number of carboxylic acids is 1. The second kappa shape index (κ2) is 5.62. The molecule has 0 spiro atoms. The van der Waals surface area contributed by atoms with E-state index in [-0.39, 0.29) is 11.3 Å². The monoisotopic (exact) mass is 292 g/mol. The van der Waals surface area contributed by atoms with Crippen LogP contribution < -0.4 is 10.4 Å². The quantitative estimate of drug-likeness (QED) is 0.809. The summed E-state index contributed by atoms with van der Waals surface area (Å²) in [5.74, 6) is 0.936. The first-order valence-corrected chi connectivity index (χ1v) is 8.54. The van der Waals surface area contributed by atoms with Crippen LogP contribution in [0.3, 0.4) is 0 Å². The van der Waals surface area contributed by atoms with Crippen molar-refractivity contribution in [3.8, 4) is 0 Å². The summed E-state index contributed by atoms with van der Waals surface area (Å²) in [6.45, 7) is 2.02. The molecule has 118 valence electrons. The maximum atomic E-state index is 12.8. The molecule has 4 nitrogen and oxygen atoms in total. The van der Waals surface area contributed by atoms with Crippen LogP contribution in [0.2, 0.25) is 0 Å². The summed E-state index contributed by atoms with van der Waals surface area (Å²) >= 11 is 0. The molecule has 0 unspecified atom stereocenters. The van der Waals surface area contributed by atoms with Crippen LogP contribution in [0, 0.1) is 23.2 Å². The first-order chi connectivity index (χ1) is 10.0. The van der Waals surface area contributed by atoms with Crippen molar-refractivity contribution in [2.24, 2.45) is 23.2 Å². The Morgan fingerprint density at radius 2 is 1.67 bits per heavy atom. The Bertz CT molecular complexity index is 396. The average molecular weight is 292 g/mol. The Kier molecular flexibility index (Phi) is 3.98. The number of amides is 1. The molecule has 0 aliphatic heterocycles. The molecule has 0 aromatic carbocycles. The Hall–Kier alpha value is -1.06. The summed E-state index contributed by atoms with van der Waals surface area (Å²) in [6.07, 6.45) is 8.98. The van der Waals surface area contributed by atoms with Crippen molar-refractivity contribution in [3.05, 3.63) is 0 Å². The number of hydrogen-bond acceptors (Lipinski definition) is 3. The fraction of sp³-hybridized carbons (Fsp3) is 0.882. The lowest BCUT2D eigenvalue weighted by molar-refractivity contribution is -0.308. The van der Waals surface area contributed by atoms with Crippen molar-refractivity contribution in [2.75, 3.05) is 0 Å². The maximum absolute atomic E-state index is 12.8. The van der Waals surface area contributed by atoms with Crippen molar-refractivity contribution in [1.82, 2.24) is 5.32 Å². The van der Waals surface area contributed by atoms with Gasteiger partial charge in [-0.2, -0.15) is 0 Å². The van der Waals surface area contributed by atoms with Crippen LogP contribution in [0.1, 0.15) is 64.7 Å². The van der Waals surface area contributed by atoms with Crippen molar-refractivity contribution in [1.29, 1.82) is 0 Å². The largest absolute Gasteiger partial charge is 0.548 e. The van der Waals surface area contributed by atoms with Gasteiger partial charge in [-0.05, 0) is 62.7 Å². The molecule has 4 fully saturated rings. The van der Waals surface area contributed by atoms with E-state index in [1.54, 1.807) is 0 Å². The topological polar surface area (TPSA) is 69.2 Å². The first kappa shape index (κ1) is 14.9. The van der Waals surface area contributed by atoms with Crippen LogP contribution in [0.15, 0.2) is 0 Å². The second-order valence-corrected chi connectivity index (χ2v) is 7.69. The molecule has 0 aromatic rings. The van der Waals surface area contributed by atoms with E-state index in [1.165, 1.54) is 19.3 Å². The molecule has 4 bridgehead atoms. The predicted molar refractivity (Wildman–Crippen MR) is 77.1 cm³/mol. The Morgan fingerprint density at radius 3 is 2.10 bits per heavy atom. The molecule has 1 N–H and O–H groups in total. The predicted octanol–water partition coefficient (Wildman–Crippen LogP) is 1.63. The number of rotatable bonds is 6. The first-order valence-electron chi connectivity index (χ1n) is 8.54. The van der Waals surface area contributed by atoms with E-state index in [9.17, 15) is 14.7 Å². The number of unbranched alkanes of at least 4 members (excludes halogenated alkanes) is 1. The summed E-state index contributed by atoms with van der Waals surface area (Å²) in [5, 5.41) is 14.0. The summed E-state index contributed by atoms with van der Waals surface area (Å²) in [7, 11) is 0. The van der Waals surface area contributed by atoms with Gasteiger partial charge in [-0.25, -0.2) is 0 Å². The van der Waals surface area contributed by atoms with Gasteiger partial charge in [-0.15, -0.1) is 0 Å². The molecule has 1 atom stereocenters. The van der Waals surface area contributed by atoms with E-state index in [0.717, 1.165) is 32.1 Å². The van der Waals surface area contributed by atoms with Gasteiger partial charge in [0.05, 0.1) is 12.0 Å². The van der Waals surface area contributed by atoms with Crippen LogP contribution >= 0.6 is 0 Å². The number of carbonyl (C=O) groups is 2. The molecule has 0 aromatic heterocycles. The molecule has 0 heterocycles. The molecule has 4 rings (SSSR count). The summed E-state index contributed by atoms with van der Waals surface area (Å²) in [4.78, 5) is 24.0. The smallest absolute Gasteiger partial charge is 0.226 e. The molecular formula is C17H26NO3-. The van der Waals surface area contributed by atoms with E-state index >= 15 is 0 Å². The van der Waals surface area contributed by atoms with Gasteiger partial charge in [0.2, 0.25) is 5.91 Å². The van der Waals surface area contributed by atoms with Crippen molar-refractivity contribution >= 4 is 11.9 Å². The van der Waals surface area contributed by atoms with Gasteiger partial charge >= 0.3 is 0 Å². The highest BCUT2D eigenvalue weighted by atomic mass is 16.4. The molecule has 4 saturated carbocycles. The van der Waals surface area contributed by atoms with Crippen LogP contribution in [0.25, 0.3) is 0 Å². The van der Waals surface area contributed by atoms with Crippen molar-refractivity contribution < 1.29 is 14.7 Å². The Labute approximate surface area is 126 Å². The van der Waals surface area contributed by atoms with Crippen molar-refractivity contribution in [2.45, 2.75) is 70.8 Å². The summed E-state index contributed by atoms with van der Waals surface area (Å²) < 4.78 is 0. The van der Waals surface area contributed by atoms with Gasteiger partial charge in [0.1, 0.15) is 0 Å². The summed E-state index contributed by atoms with van der Waals surface area (Å²) in [6, 6.07) is -0.814. The number of carbonyl (C=O) groups excluding carboxylic acids is 2. The maximum Gasteiger partial charge on any atom is 0.226 e. The standard InChI is InChI=1S/C17H27NO3/c1-2-3-4-14(15(19)20)18-16(21)17-8-11-5-12(9-17)7-13(6-11)10-17/h11-14H,2-10H2,1H3,(H,18,21)(H,19,20)/p-1/t11?,12?,13?,14-,17?/m0/s1. The molecule has 0 saturated heterocycles. The lowest BCUT2D eigenvalue weighted by Gasteiger charge is -2.55. The van der Waals surface area contributed by atoms with E-state index in [0.29, 0.717) is 24.2 Å². The van der Waals surface area contributed by atoms with Crippen LogP contribution in [0.4, 0.5) is 0 Å². The van der Waals surface area contributed by atoms with E-state index in [2.05, 4.69) is 5.32 Å². The van der Waals surface area contributed by atoms with Gasteiger partial charge in [-0.1, -0.05) is 19.8 Å². The van der Waals surface area contributed by atoms with Crippen LogP contribution in [0.5, 0.6) is 0 Å². The SMILES string of the molecule is CCCC[C@H](NC(=O)C12CC3CC(CC(C3)C1)C2)C(=O)[O-]. The van der Waals surface area contributed by atoms with Gasteiger partial charge in [0, 0.05) is 5.41 Å². The van der Waals surface area contributed by atoms with Gasteiger partial charge in [-0.3, -0.25) is 4.79 Å². The Balaban J connectivity index is 1.68. The minimum atomic E-state index is -1.14. The third-order valence-electron chi connectivity index (χ3n) is 5.96. The second-order valence-electron chi connectivity index (χ2n) is 7.69. The number of aliphatic carboxylic acids is 1. The zero-order valence-electron chi connectivity index (χ0n) is 12.9. The zero-order valence-corrected chi connectivity index (χ0v) is 12.9. The van der Waals surface area contributed by atoms with Gasteiger partial charge in [0.25, 0.3) is 0 Å². The van der Waals surface area contributed by atoms with Gasteiger partial charge in [0.15, 0.2) is 0 Å². The Morgan fingerprint density at radius 1 is 1.14 bits per heavy atom. The fourth-order valence-electron chi connectivity index (χ4n) is 5.36. The fourth-order valence-corrected chi connectivity index (χ4v) is 5.36. The molecule has 4 aliphatic carbocycles. The molecule has 1 amide bonds. The minimum absolute atomic E-state index is 0.00750. The number of hydrogen-bond donors (Lipinski definition) is 1. The van der Waals surface area contributed by atoms with Crippen molar-refractivity contribution in [3.63, 3.8) is 0 Å². The lowest BCUT2D eigenvalue weighted by atomic mass is 9.49. The van der Waals surface area contributed by atoms with E-state index < -0.39 is 12.0 Å².